The summed E-state index contributed by atoms with van der Waals surface area (Å²) < 4.78 is 6.25. The molecule has 0 radical (unpaired) electrons. The van der Waals surface area contributed by atoms with Gasteiger partial charge in [0, 0.05) is 6.61 Å². The van der Waals surface area contributed by atoms with Crippen LogP contribution in [-0.4, -0.2) is 23.5 Å². The zero-order chi connectivity index (χ0) is 18.1. The van der Waals surface area contributed by atoms with E-state index in [1.54, 1.807) is 0 Å². The minimum atomic E-state index is -1.93. The summed E-state index contributed by atoms with van der Waals surface area (Å²) in [5.74, 6) is 0. The third kappa shape index (κ3) is 3.44. The van der Waals surface area contributed by atoms with Crippen LogP contribution in [0.1, 0.15) is 32.1 Å². The number of allylic oxidation sites excluding steroid dienone is 6. The van der Waals surface area contributed by atoms with Crippen LogP contribution in [-0.2, 0) is 4.43 Å². The maximum atomic E-state index is 6.25. The minimum absolute atomic E-state index is 0.0311. The first-order valence-electron chi connectivity index (χ1n) is 8.86. The van der Waals surface area contributed by atoms with Gasteiger partial charge in [0.2, 0.25) is 0 Å². The molecule has 0 bridgehead atoms. The van der Waals surface area contributed by atoms with Crippen molar-refractivity contribution in [3.05, 3.63) is 75.9 Å². The van der Waals surface area contributed by atoms with Gasteiger partial charge in [-0.3, -0.25) is 0 Å². The van der Waals surface area contributed by atoms with E-state index in [0.717, 1.165) is 38.7 Å². The summed E-state index contributed by atoms with van der Waals surface area (Å²) in [5, 5.41) is 0.0622. The van der Waals surface area contributed by atoms with Gasteiger partial charge in [-0.15, -0.1) is 39.5 Å². The van der Waals surface area contributed by atoms with Crippen LogP contribution in [0.25, 0.3) is 0 Å². The molecule has 0 saturated carbocycles. The fourth-order valence-corrected chi connectivity index (χ4v) is 18.8. The quantitative estimate of drug-likeness (QED) is 0.326. The van der Waals surface area contributed by atoms with Crippen molar-refractivity contribution >= 4 is 16.9 Å². The largest absolute Gasteiger partial charge is 0.427 e. The molecule has 0 aliphatic carbocycles. The van der Waals surface area contributed by atoms with Crippen LogP contribution in [0.15, 0.2) is 75.9 Å². The van der Waals surface area contributed by atoms with E-state index >= 15 is 0 Å². The highest BCUT2D eigenvalue weighted by atomic mass is 29.2. The first-order valence-corrected chi connectivity index (χ1v) is 14.0. The predicted molar refractivity (Wildman–Crippen MR) is 115 cm³/mol. The molecule has 1 heterocycles. The van der Waals surface area contributed by atoms with Crippen molar-refractivity contribution in [1.82, 2.24) is 0 Å². The Morgan fingerprint density at radius 1 is 0.792 bits per heavy atom. The summed E-state index contributed by atoms with van der Waals surface area (Å²) >= 11 is 0. The second-order valence-electron chi connectivity index (χ2n) is 6.93. The third-order valence-electron chi connectivity index (χ3n) is 5.96. The van der Waals surface area contributed by atoms with Crippen molar-refractivity contribution in [2.45, 2.75) is 48.2 Å². The Labute approximate surface area is 152 Å². The van der Waals surface area contributed by atoms with Gasteiger partial charge in [-0.05, 0) is 42.2 Å². The second-order valence-corrected chi connectivity index (χ2v) is 16.8. The maximum Gasteiger partial charge on any atom is 0.152 e. The molecule has 0 N–H and O–H groups in total. The summed E-state index contributed by atoms with van der Waals surface area (Å²) in [4.78, 5) is 0. The van der Waals surface area contributed by atoms with Crippen LogP contribution in [0.4, 0.5) is 0 Å². The minimum Gasteiger partial charge on any atom is -0.427 e. The van der Waals surface area contributed by atoms with E-state index in [0.29, 0.717) is 0 Å². The highest BCUT2D eigenvalue weighted by Gasteiger charge is 2.61. The van der Waals surface area contributed by atoms with Gasteiger partial charge in [0.25, 0.3) is 0 Å². The fraction of sp³-hybridized carbons (Fsp3) is 0.429. The Balaban J connectivity index is 3.69. The van der Waals surface area contributed by atoms with Crippen molar-refractivity contribution in [1.29, 1.82) is 0 Å². The van der Waals surface area contributed by atoms with E-state index in [2.05, 4.69) is 75.9 Å². The van der Waals surface area contributed by atoms with Gasteiger partial charge in [0.15, 0.2) is 9.28 Å². The van der Waals surface area contributed by atoms with Crippen molar-refractivity contribution in [2.24, 2.45) is 0 Å². The molecular formula is C21H34OSi2. The maximum absolute atomic E-state index is 6.25. The van der Waals surface area contributed by atoms with Gasteiger partial charge in [-0.1, -0.05) is 42.5 Å². The average molecular weight is 359 g/mol. The van der Waals surface area contributed by atoms with Crippen LogP contribution < -0.4 is 0 Å². The van der Waals surface area contributed by atoms with Crippen molar-refractivity contribution < 1.29 is 4.43 Å². The van der Waals surface area contributed by atoms with E-state index < -0.39 is 16.9 Å². The SMILES string of the molecule is C=CCC(C=C)(CC=C)[Si]1(C(C=C)(CC=C)CC=C)CCCO[SiH2]1. The highest BCUT2D eigenvalue weighted by Crippen LogP contribution is 2.63. The van der Waals surface area contributed by atoms with Gasteiger partial charge in [-0.2, -0.15) is 0 Å². The lowest BCUT2D eigenvalue weighted by molar-refractivity contribution is 0.326. The zero-order valence-corrected chi connectivity index (χ0v) is 17.7. The van der Waals surface area contributed by atoms with Crippen molar-refractivity contribution in [3.8, 4) is 0 Å². The van der Waals surface area contributed by atoms with E-state index in [1.807, 2.05) is 0 Å². The number of rotatable bonds is 12. The Hall–Kier alpha value is -1.17. The molecule has 1 saturated heterocycles. The first kappa shape index (κ1) is 20.9. The van der Waals surface area contributed by atoms with E-state index in [9.17, 15) is 0 Å². The lowest BCUT2D eigenvalue weighted by Gasteiger charge is -2.58. The fourth-order valence-electron chi connectivity index (χ4n) is 4.78. The van der Waals surface area contributed by atoms with Crippen LogP contribution >= 0.6 is 0 Å². The Morgan fingerprint density at radius 3 is 1.46 bits per heavy atom. The molecule has 24 heavy (non-hydrogen) atoms. The second kappa shape index (κ2) is 9.35. The van der Waals surface area contributed by atoms with E-state index in [4.69, 9.17) is 4.43 Å². The van der Waals surface area contributed by atoms with E-state index in [-0.39, 0.29) is 10.1 Å². The van der Waals surface area contributed by atoms with Crippen molar-refractivity contribution in [2.75, 3.05) is 6.61 Å². The molecule has 132 valence electrons. The molecule has 1 aliphatic rings. The lowest BCUT2D eigenvalue weighted by atomic mass is 9.98. The molecule has 0 unspecified atom stereocenters. The first-order chi connectivity index (χ1) is 11.6. The summed E-state index contributed by atoms with van der Waals surface area (Å²) in [7, 11) is -2.62. The Morgan fingerprint density at radius 2 is 1.21 bits per heavy atom. The van der Waals surface area contributed by atoms with Crippen LogP contribution in [0.5, 0.6) is 0 Å². The van der Waals surface area contributed by atoms with E-state index in [1.165, 1.54) is 6.04 Å². The van der Waals surface area contributed by atoms with Gasteiger partial charge in [0.05, 0.1) is 7.59 Å². The van der Waals surface area contributed by atoms with Crippen LogP contribution in [0, 0.1) is 0 Å². The summed E-state index contributed by atoms with van der Waals surface area (Å²) in [5.41, 5.74) is 0. The monoisotopic (exact) mass is 358 g/mol. The topological polar surface area (TPSA) is 9.23 Å². The number of hydrogen-bond donors (Lipinski definition) is 0. The molecule has 1 fully saturated rings. The average Bonchev–Trinajstić information content (AvgIpc) is 2.61. The van der Waals surface area contributed by atoms with Gasteiger partial charge >= 0.3 is 0 Å². The van der Waals surface area contributed by atoms with Gasteiger partial charge in [-0.25, -0.2) is 0 Å². The zero-order valence-electron chi connectivity index (χ0n) is 15.3. The lowest BCUT2D eigenvalue weighted by Crippen LogP contribution is -2.63. The molecule has 1 rings (SSSR count). The molecule has 0 aromatic heterocycles. The summed E-state index contributed by atoms with van der Waals surface area (Å²) in [6.07, 6.45) is 17.5. The predicted octanol–water partition coefficient (Wildman–Crippen LogP) is 5.59. The van der Waals surface area contributed by atoms with Gasteiger partial charge < -0.3 is 4.43 Å². The number of hydrogen-bond acceptors (Lipinski definition) is 1. The molecule has 1 nitrogen and oxygen atoms in total. The van der Waals surface area contributed by atoms with Crippen molar-refractivity contribution in [3.63, 3.8) is 0 Å². The smallest absolute Gasteiger partial charge is 0.152 e. The molecule has 0 aromatic rings. The Kier molecular flexibility index (Phi) is 8.13. The normalized spacial score (nSPS) is 18.5. The molecule has 0 amide bonds. The molecule has 1 aliphatic heterocycles. The van der Waals surface area contributed by atoms with Crippen LogP contribution in [0.3, 0.4) is 0 Å². The summed E-state index contributed by atoms with van der Waals surface area (Å²) in [6, 6.07) is 1.26. The van der Waals surface area contributed by atoms with Gasteiger partial charge in [0.1, 0.15) is 0 Å². The molecule has 0 aromatic carbocycles. The highest BCUT2D eigenvalue weighted by molar-refractivity contribution is 7.26. The molecule has 3 heteroatoms. The third-order valence-corrected chi connectivity index (χ3v) is 20.6. The van der Waals surface area contributed by atoms with Crippen LogP contribution in [0.2, 0.25) is 16.1 Å². The Bertz CT molecular complexity index is 428. The standard InChI is InChI=1S/C21H34OSi2/c1-7-14-20(11-5,15-8-2)24(19-13-18-22-23-24)21(12-6,16-9-3)17-10-4/h7-12H,1-6,13-19,23H2. The summed E-state index contributed by atoms with van der Waals surface area (Å²) in [6.45, 7) is 25.7. The molecule has 0 atom stereocenters. The molecular weight excluding hydrogens is 324 g/mol. The molecule has 0 spiro atoms.